The highest BCUT2D eigenvalue weighted by molar-refractivity contribution is 5.78. The van der Waals surface area contributed by atoms with Crippen molar-refractivity contribution in [2.24, 2.45) is 0 Å². The molecule has 0 spiro atoms. The average Bonchev–Trinajstić information content (AvgIpc) is 2.69. The number of nitrogens with one attached hydrogen (secondary N) is 1. The van der Waals surface area contributed by atoms with Crippen molar-refractivity contribution in [1.29, 1.82) is 0 Å². The first-order chi connectivity index (χ1) is 13.1. The van der Waals surface area contributed by atoms with Crippen LogP contribution in [0.5, 0.6) is 17.4 Å². The largest absolute Gasteiger partial charge is 0.497 e. The molecule has 6 heteroatoms. The minimum atomic E-state index is -0.319. The SMILES string of the molecule is COc1ccc(Oc2cc(CNC(=O)Cc3ccc(F)cc3)ccn2)cc1. The van der Waals surface area contributed by atoms with Gasteiger partial charge in [-0.05, 0) is 53.6 Å². The predicted molar refractivity (Wildman–Crippen MR) is 99.3 cm³/mol. The lowest BCUT2D eigenvalue weighted by molar-refractivity contribution is -0.120. The molecule has 0 aliphatic rings. The second kappa shape index (κ2) is 8.80. The van der Waals surface area contributed by atoms with Crippen LogP contribution in [-0.4, -0.2) is 18.0 Å². The Kier molecular flexibility index (Phi) is 5.99. The topological polar surface area (TPSA) is 60.5 Å². The molecule has 0 aliphatic carbocycles. The van der Waals surface area contributed by atoms with Crippen molar-refractivity contribution in [3.63, 3.8) is 0 Å². The number of amides is 1. The number of halogens is 1. The maximum Gasteiger partial charge on any atom is 0.224 e. The third kappa shape index (κ3) is 5.54. The summed E-state index contributed by atoms with van der Waals surface area (Å²) in [6.45, 7) is 0.349. The smallest absolute Gasteiger partial charge is 0.224 e. The van der Waals surface area contributed by atoms with E-state index in [1.165, 1.54) is 12.1 Å². The molecule has 2 aromatic carbocycles. The summed E-state index contributed by atoms with van der Waals surface area (Å²) in [6, 6.07) is 16.6. The van der Waals surface area contributed by atoms with Gasteiger partial charge in [-0.2, -0.15) is 0 Å². The number of aromatic nitrogens is 1. The van der Waals surface area contributed by atoms with E-state index in [4.69, 9.17) is 9.47 Å². The summed E-state index contributed by atoms with van der Waals surface area (Å²) in [5.41, 5.74) is 1.62. The maximum atomic E-state index is 12.9. The molecule has 0 saturated carbocycles. The Labute approximate surface area is 156 Å². The first-order valence-corrected chi connectivity index (χ1v) is 8.40. The van der Waals surface area contributed by atoms with Crippen LogP contribution in [0.25, 0.3) is 0 Å². The van der Waals surface area contributed by atoms with Gasteiger partial charge in [0.15, 0.2) is 0 Å². The standard InChI is InChI=1S/C21H19FN2O3/c1-26-18-6-8-19(9-7-18)27-21-13-16(10-11-23-21)14-24-20(25)12-15-2-4-17(22)5-3-15/h2-11,13H,12,14H2,1H3,(H,24,25). The Bertz CT molecular complexity index is 896. The van der Waals surface area contributed by atoms with Gasteiger partial charge in [-0.3, -0.25) is 4.79 Å². The lowest BCUT2D eigenvalue weighted by atomic mass is 10.1. The van der Waals surface area contributed by atoms with Crippen molar-refractivity contribution in [3.05, 3.63) is 83.8 Å². The number of pyridine rings is 1. The van der Waals surface area contributed by atoms with Gasteiger partial charge in [0.2, 0.25) is 11.8 Å². The Morgan fingerprint density at radius 3 is 2.41 bits per heavy atom. The first kappa shape index (κ1) is 18.4. The van der Waals surface area contributed by atoms with Crippen LogP contribution >= 0.6 is 0 Å². The molecule has 0 bridgehead atoms. The summed E-state index contributed by atoms with van der Waals surface area (Å²) in [6.07, 6.45) is 1.82. The van der Waals surface area contributed by atoms with Gasteiger partial charge in [-0.15, -0.1) is 0 Å². The molecule has 0 unspecified atom stereocenters. The van der Waals surface area contributed by atoms with E-state index >= 15 is 0 Å². The second-order valence-electron chi connectivity index (χ2n) is 5.86. The zero-order valence-corrected chi connectivity index (χ0v) is 14.8. The molecule has 0 saturated heterocycles. The van der Waals surface area contributed by atoms with Gasteiger partial charge in [-0.25, -0.2) is 9.37 Å². The highest BCUT2D eigenvalue weighted by atomic mass is 19.1. The molecule has 1 heterocycles. The summed E-state index contributed by atoms with van der Waals surface area (Å²) < 4.78 is 23.7. The van der Waals surface area contributed by atoms with Crippen LogP contribution in [0, 0.1) is 5.82 Å². The van der Waals surface area contributed by atoms with Crippen molar-refractivity contribution in [2.75, 3.05) is 7.11 Å². The summed E-state index contributed by atoms with van der Waals surface area (Å²) >= 11 is 0. The van der Waals surface area contributed by atoms with Gasteiger partial charge in [0, 0.05) is 18.8 Å². The number of carbonyl (C=O) groups is 1. The molecule has 138 valence electrons. The molecule has 0 fully saturated rings. The van der Waals surface area contributed by atoms with E-state index in [2.05, 4.69) is 10.3 Å². The number of nitrogens with zero attached hydrogens (tertiary/aromatic N) is 1. The molecule has 0 aliphatic heterocycles. The van der Waals surface area contributed by atoms with Gasteiger partial charge in [0.1, 0.15) is 17.3 Å². The Hall–Kier alpha value is -3.41. The van der Waals surface area contributed by atoms with Crippen molar-refractivity contribution < 1.29 is 18.7 Å². The molecule has 5 nitrogen and oxygen atoms in total. The summed E-state index contributed by atoms with van der Waals surface area (Å²) in [5.74, 6) is 1.36. The van der Waals surface area contributed by atoms with Crippen LogP contribution in [0.2, 0.25) is 0 Å². The number of benzene rings is 2. The number of ether oxygens (including phenoxy) is 2. The van der Waals surface area contributed by atoms with Gasteiger partial charge >= 0.3 is 0 Å². The average molecular weight is 366 g/mol. The van der Waals surface area contributed by atoms with E-state index in [0.29, 0.717) is 18.2 Å². The zero-order chi connectivity index (χ0) is 19.1. The molecule has 1 amide bonds. The summed E-state index contributed by atoms with van der Waals surface area (Å²) in [4.78, 5) is 16.2. The number of hydrogen-bond acceptors (Lipinski definition) is 4. The van der Waals surface area contributed by atoms with Crippen LogP contribution < -0.4 is 14.8 Å². The summed E-state index contributed by atoms with van der Waals surface area (Å²) in [7, 11) is 1.60. The molecule has 0 radical (unpaired) electrons. The molecule has 3 rings (SSSR count). The number of hydrogen-bond donors (Lipinski definition) is 1. The highest BCUT2D eigenvalue weighted by Crippen LogP contribution is 2.22. The van der Waals surface area contributed by atoms with Gasteiger partial charge in [0.05, 0.1) is 13.5 Å². The van der Waals surface area contributed by atoms with Crippen LogP contribution in [0.15, 0.2) is 66.9 Å². The molecule has 3 aromatic rings. The Morgan fingerprint density at radius 2 is 1.70 bits per heavy atom. The fraction of sp³-hybridized carbons (Fsp3) is 0.143. The Morgan fingerprint density at radius 1 is 1.00 bits per heavy atom. The van der Waals surface area contributed by atoms with E-state index in [1.807, 2.05) is 0 Å². The summed E-state index contributed by atoms with van der Waals surface area (Å²) in [5, 5.41) is 2.84. The minimum absolute atomic E-state index is 0.143. The van der Waals surface area contributed by atoms with Crippen molar-refractivity contribution in [3.8, 4) is 17.4 Å². The lowest BCUT2D eigenvalue weighted by Crippen LogP contribution is -2.24. The van der Waals surface area contributed by atoms with Crippen LogP contribution in [0.4, 0.5) is 4.39 Å². The van der Waals surface area contributed by atoms with Crippen LogP contribution in [-0.2, 0) is 17.8 Å². The van der Waals surface area contributed by atoms with Gasteiger partial charge < -0.3 is 14.8 Å². The highest BCUT2D eigenvalue weighted by Gasteiger charge is 2.06. The quantitative estimate of drug-likeness (QED) is 0.689. The van der Waals surface area contributed by atoms with Crippen molar-refractivity contribution >= 4 is 5.91 Å². The van der Waals surface area contributed by atoms with E-state index in [1.54, 1.807) is 61.8 Å². The predicted octanol–water partition coefficient (Wildman–Crippen LogP) is 3.88. The van der Waals surface area contributed by atoms with E-state index < -0.39 is 0 Å². The molecule has 0 atom stereocenters. The molecular weight excluding hydrogens is 347 g/mol. The van der Waals surface area contributed by atoms with E-state index in [-0.39, 0.29) is 18.1 Å². The maximum absolute atomic E-state index is 12.9. The van der Waals surface area contributed by atoms with Crippen molar-refractivity contribution in [2.45, 2.75) is 13.0 Å². The second-order valence-corrected chi connectivity index (χ2v) is 5.86. The fourth-order valence-corrected chi connectivity index (χ4v) is 2.43. The Balaban J connectivity index is 1.55. The van der Waals surface area contributed by atoms with Crippen molar-refractivity contribution in [1.82, 2.24) is 10.3 Å². The third-order valence-electron chi connectivity index (χ3n) is 3.85. The minimum Gasteiger partial charge on any atom is -0.497 e. The molecular formula is C21H19FN2O3. The van der Waals surface area contributed by atoms with E-state index in [9.17, 15) is 9.18 Å². The number of rotatable bonds is 7. The van der Waals surface area contributed by atoms with Crippen LogP contribution in [0.3, 0.4) is 0 Å². The normalized spacial score (nSPS) is 10.3. The molecule has 27 heavy (non-hydrogen) atoms. The van der Waals surface area contributed by atoms with Crippen LogP contribution in [0.1, 0.15) is 11.1 Å². The van der Waals surface area contributed by atoms with Gasteiger partial charge in [0.25, 0.3) is 0 Å². The zero-order valence-electron chi connectivity index (χ0n) is 14.8. The first-order valence-electron chi connectivity index (χ1n) is 8.40. The lowest BCUT2D eigenvalue weighted by Gasteiger charge is -2.09. The number of methoxy groups -OCH3 is 1. The monoisotopic (exact) mass is 366 g/mol. The van der Waals surface area contributed by atoms with Gasteiger partial charge in [-0.1, -0.05) is 12.1 Å². The van der Waals surface area contributed by atoms with E-state index in [0.717, 1.165) is 16.9 Å². The fourth-order valence-electron chi connectivity index (χ4n) is 2.43. The molecule has 1 N–H and O–H groups in total. The third-order valence-corrected chi connectivity index (χ3v) is 3.85. The molecule has 1 aromatic heterocycles. The number of carbonyl (C=O) groups excluding carboxylic acids is 1.